The maximum Gasteiger partial charge on any atom is 0.334 e. The minimum absolute atomic E-state index is 0.00322. The fraction of sp³-hybridized carbons (Fsp3) is 0.286. The van der Waals surface area contributed by atoms with Crippen molar-refractivity contribution in [2.45, 2.75) is 25.4 Å². The Morgan fingerprint density at radius 2 is 2.11 bits per heavy atom. The van der Waals surface area contributed by atoms with Gasteiger partial charge in [0, 0.05) is 22.9 Å². The topological polar surface area (TPSA) is 63.6 Å². The molecule has 0 radical (unpaired) electrons. The summed E-state index contributed by atoms with van der Waals surface area (Å²) >= 11 is 3.43. The molecule has 1 atom stereocenters. The van der Waals surface area contributed by atoms with E-state index in [1.807, 2.05) is 24.3 Å². The fourth-order valence-corrected chi connectivity index (χ4v) is 2.35. The van der Waals surface area contributed by atoms with Gasteiger partial charge in [0.15, 0.2) is 0 Å². The lowest BCUT2D eigenvalue weighted by Crippen LogP contribution is -2.10. The van der Waals surface area contributed by atoms with Gasteiger partial charge in [0.2, 0.25) is 0 Å². The van der Waals surface area contributed by atoms with E-state index < -0.39 is 12.1 Å². The normalized spacial score (nSPS) is 18.1. The third kappa shape index (κ3) is 3.67. The van der Waals surface area contributed by atoms with Gasteiger partial charge in [-0.3, -0.25) is 4.79 Å². The molecule has 0 aromatic heterocycles. The molecule has 1 unspecified atom stereocenters. The van der Waals surface area contributed by atoms with Crippen LogP contribution >= 0.6 is 15.9 Å². The van der Waals surface area contributed by atoms with Crippen LogP contribution in [0.2, 0.25) is 0 Å². The number of cyclic esters (lactones) is 1. The van der Waals surface area contributed by atoms with Crippen LogP contribution in [0.5, 0.6) is 0 Å². The number of esters is 1. The molecule has 0 fully saturated rings. The van der Waals surface area contributed by atoms with E-state index in [1.165, 1.54) is 0 Å². The number of hydrogen-bond acceptors (Lipinski definition) is 3. The predicted octanol–water partition coefficient (Wildman–Crippen LogP) is 2.71. The molecule has 0 aliphatic carbocycles. The van der Waals surface area contributed by atoms with Crippen molar-refractivity contribution in [2.75, 3.05) is 0 Å². The van der Waals surface area contributed by atoms with Crippen LogP contribution < -0.4 is 0 Å². The van der Waals surface area contributed by atoms with Crippen molar-refractivity contribution < 1.29 is 19.4 Å². The van der Waals surface area contributed by atoms with Crippen LogP contribution in [0.3, 0.4) is 0 Å². The highest BCUT2D eigenvalue weighted by Crippen LogP contribution is 2.24. The second-order valence-electron chi connectivity index (χ2n) is 4.34. The summed E-state index contributed by atoms with van der Waals surface area (Å²) in [4.78, 5) is 22.2. The van der Waals surface area contributed by atoms with Crippen molar-refractivity contribution in [3.8, 4) is 0 Å². The zero-order chi connectivity index (χ0) is 13.8. The van der Waals surface area contributed by atoms with Crippen LogP contribution in [0.1, 0.15) is 18.4 Å². The Kier molecular flexibility index (Phi) is 4.37. The minimum atomic E-state index is -0.885. The summed E-state index contributed by atoms with van der Waals surface area (Å²) in [7, 11) is 0. The maximum absolute atomic E-state index is 11.7. The Hall–Kier alpha value is -1.62. The number of carboxylic acid groups (broad SMARTS) is 1. The average Bonchev–Trinajstić information content (AvgIpc) is 2.71. The monoisotopic (exact) mass is 324 g/mol. The summed E-state index contributed by atoms with van der Waals surface area (Å²) in [6, 6.07) is 7.66. The summed E-state index contributed by atoms with van der Waals surface area (Å²) in [5, 5.41) is 8.61. The maximum atomic E-state index is 11.7. The van der Waals surface area contributed by atoms with Crippen molar-refractivity contribution in [2.24, 2.45) is 0 Å². The Balaban J connectivity index is 2.04. The number of halogens is 1. The molecule has 100 valence electrons. The first-order valence-electron chi connectivity index (χ1n) is 5.93. The Bertz CT molecular complexity index is 536. The molecule has 4 nitrogen and oxygen atoms in total. The summed E-state index contributed by atoms with van der Waals surface area (Å²) in [6.45, 7) is 0. The molecular weight excluding hydrogens is 312 g/mol. The second kappa shape index (κ2) is 6.02. The zero-order valence-electron chi connectivity index (χ0n) is 10.1. The number of benzene rings is 1. The molecule has 0 spiro atoms. The standard InChI is InChI=1S/C14H13BrO4/c15-12-4-2-1-3-9(12)7-10-8-11(19-14(10)18)5-6-13(16)17/h1-4,8,11H,5-7H2,(H,16,17). The van der Waals surface area contributed by atoms with Gasteiger partial charge in [-0.2, -0.15) is 0 Å². The summed E-state index contributed by atoms with van der Waals surface area (Å²) in [5.74, 6) is -1.24. The summed E-state index contributed by atoms with van der Waals surface area (Å²) < 4.78 is 6.07. The third-order valence-corrected chi connectivity index (χ3v) is 3.66. The Labute approximate surface area is 119 Å². The lowest BCUT2D eigenvalue weighted by molar-refractivity contribution is -0.143. The van der Waals surface area contributed by atoms with E-state index in [0.29, 0.717) is 18.4 Å². The summed E-state index contributed by atoms with van der Waals surface area (Å²) in [5.41, 5.74) is 1.59. The molecule has 0 amide bonds. The van der Waals surface area contributed by atoms with Gasteiger partial charge in [0.25, 0.3) is 0 Å². The van der Waals surface area contributed by atoms with Crippen LogP contribution in [0.4, 0.5) is 0 Å². The van der Waals surface area contributed by atoms with Gasteiger partial charge in [-0.25, -0.2) is 4.79 Å². The molecule has 1 N–H and O–H groups in total. The van der Waals surface area contributed by atoms with E-state index in [-0.39, 0.29) is 12.4 Å². The smallest absolute Gasteiger partial charge is 0.334 e. The van der Waals surface area contributed by atoms with Gasteiger partial charge in [0.1, 0.15) is 6.10 Å². The molecule has 1 heterocycles. The van der Waals surface area contributed by atoms with Gasteiger partial charge >= 0.3 is 11.9 Å². The number of carboxylic acids is 1. The van der Waals surface area contributed by atoms with E-state index >= 15 is 0 Å². The first-order chi connectivity index (χ1) is 9.06. The van der Waals surface area contributed by atoms with Crippen LogP contribution in [-0.4, -0.2) is 23.1 Å². The number of carbonyl (C=O) groups is 2. The molecule has 1 aliphatic rings. The van der Waals surface area contributed by atoms with E-state index in [2.05, 4.69) is 15.9 Å². The number of rotatable bonds is 5. The molecule has 0 bridgehead atoms. The second-order valence-corrected chi connectivity index (χ2v) is 5.19. The van der Waals surface area contributed by atoms with Gasteiger partial charge in [-0.1, -0.05) is 34.1 Å². The molecule has 5 heteroatoms. The van der Waals surface area contributed by atoms with E-state index in [1.54, 1.807) is 6.08 Å². The SMILES string of the molecule is O=C(O)CCC1C=C(Cc2ccccc2Br)C(=O)O1. The number of ether oxygens (including phenoxy) is 1. The highest BCUT2D eigenvalue weighted by atomic mass is 79.9. The molecule has 0 saturated carbocycles. The predicted molar refractivity (Wildman–Crippen MR) is 72.7 cm³/mol. The van der Waals surface area contributed by atoms with Gasteiger partial charge in [-0.05, 0) is 24.1 Å². The van der Waals surface area contributed by atoms with Gasteiger partial charge in [-0.15, -0.1) is 0 Å². The quantitative estimate of drug-likeness (QED) is 0.846. The van der Waals surface area contributed by atoms with Crippen LogP contribution in [0.15, 0.2) is 40.4 Å². The van der Waals surface area contributed by atoms with E-state index in [9.17, 15) is 9.59 Å². The largest absolute Gasteiger partial charge is 0.481 e. The summed E-state index contributed by atoms with van der Waals surface area (Å²) in [6.07, 6.45) is 2.12. The highest BCUT2D eigenvalue weighted by molar-refractivity contribution is 9.10. The molecule has 1 aromatic carbocycles. The Morgan fingerprint density at radius 3 is 2.79 bits per heavy atom. The molecule has 2 rings (SSSR count). The fourth-order valence-electron chi connectivity index (χ4n) is 1.93. The van der Waals surface area contributed by atoms with Crippen LogP contribution in [0, 0.1) is 0 Å². The molecular formula is C14H13BrO4. The van der Waals surface area contributed by atoms with Gasteiger partial charge in [0.05, 0.1) is 0 Å². The molecule has 19 heavy (non-hydrogen) atoms. The first kappa shape index (κ1) is 13.8. The minimum Gasteiger partial charge on any atom is -0.481 e. The first-order valence-corrected chi connectivity index (χ1v) is 6.72. The van der Waals surface area contributed by atoms with Crippen LogP contribution in [-0.2, 0) is 20.7 Å². The van der Waals surface area contributed by atoms with Crippen molar-refractivity contribution in [3.63, 3.8) is 0 Å². The average molecular weight is 325 g/mol. The zero-order valence-corrected chi connectivity index (χ0v) is 11.7. The van der Waals surface area contributed by atoms with Crippen molar-refractivity contribution in [1.29, 1.82) is 0 Å². The lowest BCUT2D eigenvalue weighted by Gasteiger charge is -2.05. The van der Waals surface area contributed by atoms with E-state index in [0.717, 1.165) is 10.0 Å². The van der Waals surface area contributed by atoms with Crippen molar-refractivity contribution >= 4 is 27.9 Å². The lowest BCUT2D eigenvalue weighted by atomic mass is 10.0. The highest BCUT2D eigenvalue weighted by Gasteiger charge is 2.26. The van der Waals surface area contributed by atoms with Crippen molar-refractivity contribution in [1.82, 2.24) is 0 Å². The third-order valence-electron chi connectivity index (χ3n) is 2.89. The molecule has 0 saturated heterocycles. The van der Waals surface area contributed by atoms with Crippen LogP contribution in [0.25, 0.3) is 0 Å². The van der Waals surface area contributed by atoms with E-state index in [4.69, 9.17) is 9.84 Å². The Morgan fingerprint density at radius 1 is 1.37 bits per heavy atom. The van der Waals surface area contributed by atoms with Gasteiger partial charge < -0.3 is 9.84 Å². The number of aliphatic carboxylic acids is 1. The number of hydrogen-bond donors (Lipinski definition) is 1. The number of carbonyl (C=O) groups excluding carboxylic acids is 1. The molecule has 1 aromatic rings. The van der Waals surface area contributed by atoms with Crippen molar-refractivity contribution in [3.05, 3.63) is 46.0 Å². The molecule has 1 aliphatic heterocycles.